The molecular weight excluding hydrogens is 372 g/mol. The molecule has 2 N–H and O–H groups in total. The van der Waals surface area contributed by atoms with E-state index in [0.29, 0.717) is 18.5 Å². The molecule has 0 radical (unpaired) electrons. The number of nitrogens with one attached hydrogen (secondary N) is 1. The molecule has 8 nitrogen and oxygen atoms in total. The van der Waals surface area contributed by atoms with Gasteiger partial charge in [-0.05, 0) is 37.0 Å². The second kappa shape index (κ2) is 8.81. The van der Waals surface area contributed by atoms with Gasteiger partial charge in [0.15, 0.2) is 0 Å². The lowest BCUT2D eigenvalue weighted by Gasteiger charge is -2.35. The summed E-state index contributed by atoms with van der Waals surface area (Å²) < 4.78 is 32.0. The van der Waals surface area contributed by atoms with Crippen molar-refractivity contribution in [3.63, 3.8) is 0 Å². The van der Waals surface area contributed by atoms with Gasteiger partial charge < -0.3 is 14.7 Å². The molecule has 1 saturated heterocycles. The number of nitrogens with zero attached hydrogens (tertiary/aromatic N) is 1. The molecule has 0 aromatic heterocycles. The first-order chi connectivity index (χ1) is 12.7. The molecule has 150 valence electrons. The van der Waals surface area contributed by atoms with E-state index in [2.05, 4.69) is 4.72 Å². The molecule has 1 fully saturated rings. The van der Waals surface area contributed by atoms with Crippen molar-refractivity contribution in [1.29, 1.82) is 0 Å². The van der Waals surface area contributed by atoms with Crippen molar-refractivity contribution in [3.05, 3.63) is 29.3 Å². The summed E-state index contributed by atoms with van der Waals surface area (Å²) >= 11 is 0. The number of carbonyl (C=O) groups is 2. The van der Waals surface area contributed by atoms with E-state index < -0.39 is 21.9 Å². The van der Waals surface area contributed by atoms with Gasteiger partial charge in [-0.15, -0.1) is 0 Å². The van der Waals surface area contributed by atoms with Gasteiger partial charge in [-0.2, -0.15) is 0 Å². The zero-order valence-electron chi connectivity index (χ0n) is 15.8. The van der Waals surface area contributed by atoms with E-state index in [1.165, 1.54) is 24.1 Å². The summed E-state index contributed by atoms with van der Waals surface area (Å²) in [5.74, 6) is -1.82. The highest BCUT2D eigenvalue weighted by Gasteiger charge is 2.33. The molecule has 1 aliphatic rings. The number of benzene rings is 1. The zero-order chi connectivity index (χ0) is 20.2. The number of aliphatic carboxylic acids is 1. The number of piperidine rings is 1. The summed E-state index contributed by atoms with van der Waals surface area (Å²) in [5, 5.41) is 9.30. The molecule has 0 aliphatic carbocycles. The van der Waals surface area contributed by atoms with Gasteiger partial charge in [-0.3, -0.25) is 9.59 Å². The molecule has 1 aromatic rings. The standard InChI is InChI=1S/C18H26N2O6S/c1-12-8-14(18(22)23)11-20(10-12)17(21)16-9-15(5-4-13(16)2)27(24,25)19-6-7-26-3/h4-5,9,12,14,19H,6-8,10-11H2,1-3H3,(H,22,23). The van der Waals surface area contributed by atoms with Gasteiger partial charge in [0.25, 0.3) is 5.91 Å². The number of methoxy groups -OCH3 is 1. The first-order valence-corrected chi connectivity index (χ1v) is 10.3. The van der Waals surface area contributed by atoms with Crippen LogP contribution in [-0.2, 0) is 19.6 Å². The molecule has 0 bridgehead atoms. The fourth-order valence-corrected chi connectivity index (χ4v) is 4.27. The number of hydrogen-bond donors (Lipinski definition) is 2. The lowest BCUT2D eigenvalue weighted by Crippen LogP contribution is -2.45. The highest BCUT2D eigenvalue weighted by Crippen LogP contribution is 2.25. The Balaban J connectivity index is 2.27. The van der Waals surface area contributed by atoms with Crippen LogP contribution >= 0.6 is 0 Å². The average molecular weight is 398 g/mol. The van der Waals surface area contributed by atoms with E-state index >= 15 is 0 Å². The fourth-order valence-electron chi connectivity index (χ4n) is 3.23. The van der Waals surface area contributed by atoms with Gasteiger partial charge in [0.1, 0.15) is 0 Å². The Hall–Kier alpha value is -1.97. The lowest BCUT2D eigenvalue weighted by atomic mass is 9.90. The Bertz CT molecular complexity index is 808. The SMILES string of the molecule is COCCNS(=O)(=O)c1ccc(C)c(C(=O)N2CC(C)CC(C(=O)O)C2)c1. The number of amides is 1. The topological polar surface area (TPSA) is 113 Å². The first-order valence-electron chi connectivity index (χ1n) is 8.77. The van der Waals surface area contributed by atoms with Crippen molar-refractivity contribution >= 4 is 21.9 Å². The predicted octanol–water partition coefficient (Wildman–Crippen LogP) is 1.10. The third kappa shape index (κ3) is 5.27. The summed E-state index contributed by atoms with van der Waals surface area (Å²) in [4.78, 5) is 25.8. The Morgan fingerprint density at radius 2 is 2.04 bits per heavy atom. The van der Waals surface area contributed by atoms with E-state index in [0.717, 1.165) is 0 Å². The molecule has 1 aromatic carbocycles. The number of rotatable bonds is 7. The van der Waals surface area contributed by atoms with Crippen LogP contribution in [0.4, 0.5) is 0 Å². The molecule has 1 heterocycles. The van der Waals surface area contributed by atoms with Crippen LogP contribution in [0.3, 0.4) is 0 Å². The molecule has 0 saturated carbocycles. The first kappa shape index (κ1) is 21.3. The number of hydrogen-bond acceptors (Lipinski definition) is 5. The summed E-state index contributed by atoms with van der Waals surface area (Å²) in [6.45, 7) is 4.57. The largest absolute Gasteiger partial charge is 0.481 e. The van der Waals surface area contributed by atoms with Crippen molar-refractivity contribution in [1.82, 2.24) is 9.62 Å². The summed E-state index contributed by atoms with van der Waals surface area (Å²) in [6, 6.07) is 4.38. The molecule has 2 rings (SSSR count). The summed E-state index contributed by atoms with van der Waals surface area (Å²) in [6.07, 6.45) is 0.524. The molecule has 27 heavy (non-hydrogen) atoms. The highest BCUT2D eigenvalue weighted by atomic mass is 32.2. The number of likely N-dealkylation sites (tertiary alicyclic amines) is 1. The minimum absolute atomic E-state index is 0.00704. The van der Waals surface area contributed by atoms with Crippen LogP contribution in [0.5, 0.6) is 0 Å². The van der Waals surface area contributed by atoms with Crippen LogP contribution < -0.4 is 4.72 Å². The Morgan fingerprint density at radius 1 is 1.33 bits per heavy atom. The second-order valence-corrected chi connectivity index (χ2v) is 8.72. The number of ether oxygens (including phenoxy) is 1. The number of sulfonamides is 1. The lowest BCUT2D eigenvalue weighted by molar-refractivity contribution is -0.143. The second-order valence-electron chi connectivity index (χ2n) is 6.95. The molecule has 2 unspecified atom stereocenters. The number of carboxylic acid groups (broad SMARTS) is 1. The third-order valence-electron chi connectivity index (χ3n) is 4.64. The van der Waals surface area contributed by atoms with E-state index in [4.69, 9.17) is 4.74 Å². The maximum atomic E-state index is 13.0. The fraction of sp³-hybridized carbons (Fsp3) is 0.556. The molecule has 9 heteroatoms. The monoisotopic (exact) mass is 398 g/mol. The van der Waals surface area contributed by atoms with Crippen molar-refractivity contribution in [3.8, 4) is 0 Å². The number of carbonyl (C=O) groups excluding carboxylic acids is 1. The normalized spacial score (nSPS) is 20.5. The third-order valence-corrected chi connectivity index (χ3v) is 6.10. The summed E-state index contributed by atoms with van der Waals surface area (Å²) in [7, 11) is -2.29. The van der Waals surface area contributed by atoms with Gasteiger partial charge in [0.05, 0.1) is 17.4 Å². The minimum atomic E-state index is -3.77. The minimum Gasteiger partial charge on any atom is -0.481 e. The molecule has 0 spiro atoms. The Kier molecular flexibility index (Phi) is 6.96. The van der Waals surface area contributed by atoms with E-state index in [1.54, 1.807) is 13.0 Å². The van der Waals surface area contributed by atoms with E-state index in [-0.39, 0.29) is 42.0 Å². The maximum absolute atomic E-state index is 13.0. The molecule has 1 amide bonds. The smallest absolute Gasteiger partial charge is 0.308 e. The van der Waals surface area contributed by atoms with Crippen LogP contribution in [0.1, 0.15) is 29.3 Å². The highest BCUT2D eigenvalue weighted by molar-refractivity contribution is 7.89. The van der Waals surface area contributed by atoms with Gasteiger partial charge in [0.2, 0.25) is 10.0 Å². The van der Waals surface area contributed by atoms with Crippen molar-refractivity contribution in [2.24, 2.45) is 11.8 Å². The molecule has 2 atom stereocenters. The van der Waals surface area contributed by atoms with Crippen LogP contribution in [0.15, 0.2) is 23.1 Å². The van der Waals surface area contributed by atoms with Gasteiger partial charge >= 0.3 is 5.97 Å². The van der Waals surface area contributed by atoms with E-state index in [9.17, 15) is 23.1 Å². The predicted molar refractivity (Wildman–Crippen MR) is 99.1 cm³/mol. The zero-order valence-corrected chi connectivity index (χ0v) is 16.6. The van der Waals surface area contributed by atoms with Crippen LogP contribution in [0.2, 0.25) is 0 Å². The van der Waals surface area contributed by atoms with Gasteiger partial charge in [0, 0.05) is 32.3 Å². The Morgan fingerprint density at radius 3 is 2.67 bits per heavy atom. The van der Waals surface area contributed by atoms with Gasteiger partial charge in [-0.25, -0.2) is 13.1 Å². The molecule has 1 aliphatic heterocycles. The average Bonchev–Trinajstić information content (AvgIpc) is 2.61. The van der Waals surface area contributed by atoms with E-state index in [1.807, 2.05) is 6.92 Å². The number of aryl methyl sites for hydroxylation is 1. The van der Waals surface area contributed by atoms with Gasteiger partial charge in [-0.1, -0.05) is 13.0 Å². The quantitative estimate of drug-likeness (QED) is 0.665. The van der Waals surface area contributed by atoms with Crippen molar-refractivity contribution in [2.75, 3.05) is 33.4 Å². The Labute approximate surface area is 159 Å². The van der Waals surface area contributed by atoms with Crippen molar-refractivity contribution in [2.45, 2.75) is 25.2 Å². The maximum Gasteiger partial charge on any atom is 0.308 e. The van der Waals surface area contributed by atoms with Crippen LogP contribution in [0.25, 0.3) is 0 Å². The van der Waals surface area contributed by atoms with Crippen LogP contribution in [0, 0.1) is 18.8 Å². The van der Waals surface area contributed by atoms with Crippen LogP contribution in [-0.4, -0.2) is 63.7 Å². The van der Waals surface area contributed by atoms with Crippen molar-refractivity contribution < 1.29 is 27.9 Å². The molecular formula is C18H26N2O6S. The number of carboxylic acids is 1. The summed E-state index contributed by atoms with van der Waals surface area (Å²) in [5.41, 5.74) is 0.906.